The first kappa shape index (κ1) is 16.4. The predicted molar refractivity (Wildman–Crippen MR) is 89.1 cm³/mol. The van der Waals surface area contributed by atoms with E-state index < -0.39 is 5.54 Å². The zero-order valence-corrected chi connectivity index (χ0v) is 14.5. The van der Waals surface area contributed by atoms with E-state index >= 15 is 0 Å². The van der Waals surface area contributed by atoms with Crippen LogP contribution in [0, 0.1) is 11.3 Å². The van der Waals surface area contributed by atoms with E-state index in [1.807, 2.05) is 24.3 Å². The standard InChI is InChI=1S/C16H19BrN2OS/c1-19(16(12-18)9-3-2-4-10-16)15(20)11-21-14-7-5-13(17)6-8-14/h5-8H,2-4,9-11H2,1H3. The Balaban J connectivity index is 1.95. The van der Waals surface area contributed by atoms with Crippen LogP contribution in [0.25, 0.3) is 0 Å². The van der Waals surface area contributed by atoms with Gasteiger partial charge in [-0.15, -0.1) is 11.8 Å². The lowest BCUT2D eigenvalue weighted by Crippen LogP contribution is -2.50. The van der Waals surface area contributed by atoms with Gasteiger partial charge in [0.25, 0.3) is 0 Å². The summed E-state index contributed by atoms with van der Waals surface area (Å²) < 4.78 is 1.03. The van der Waals surface area contributed by atoms with Crippen LogP contribution in [0.3, 0.4) is 0 Å². The summed E-state index contributed by atoms with van der Waals surface area (Å²) in [5, 5.41) is 9.52. The Morgan fingerprint density at radius 3 is 2.52 bits per heavy atom. The zero-order chi connectivity index (χ0) is 15.3. The number of carbonyl (C=O) groups is 1. The molecule has 0 heterocycles. The van der Waals surface area contributed by atoms with Crippen molar-refractivity contribution in [3.05, 3.63) is 28.7 Å². The molecule has 0 bridgehead atoms. The highest BCUT2D eigenvalue weighted by molar-refractivity contribution is 9.10. The van der Waals surface area contributed by atoms with Crippen LogP contribution in [0.4, 0.5) is 0 Å². The van der Waals surface area contributed by atoms with E-state index in [1.165, 1.54) is 18.2 Å². The third-order valence-electron chi connectivity index (χ3n) is 4.08. The summed E-state index contributed by atoms with van der Waals surface area (Å²) in [6, 6.07) is 10.3. The van der Waals surface area contributed by atoms with Gasteiger partial charge in [0.15, 0.2) is 0 Å². The molecule has 5 heteroatoms. The van der Waals surface area contributed by atoms with E-state index in [2.05, 4.69) is 22.0 Å². The molecule has 2 rings (SSSR count). The van der Waals surface area contributed by atoms with Crippen molar-refractivity contribution in [1.82, 2.24) is 4.90 Å². The first-order valence-corrected chi connectivity index (χ1v) is 8.91. The second-order valence-electron chi connectivity index (χ2n) is 5.40. The number of halogens is 1. The monoisotopic (exact) mass is 366 g/mol. The van der Waals surface area contributed by atoms with Gasteiger partial charge < -0.3 is 4.90 Å². The molecule has 0 atom stereocenters. The van der Waals surface area contributed by atoms with Gasteiger partial charge in [0.1, 0.15) is 5.54 Å². The van der Waals surface area contributed by atoms with Gasteiger partial charge >= 0.3 is 0 Å². The molecule has 0 N–H and O–H groups in total. The van der Waals surface area contributed by atoms with Gasteiger partial charge in [0.2, 0.25) is 5.91 Å². The lowest BCUT2D eigenvalue weighted by atomic mass is 9.81. The molecule has 112 valence electrons. The predicted octanol–water partition coefficient (Wildman–Crippen LogP) is 4.23. The third kappa shape index (κ3) is 4.02. The number of amides is 1. The molecule has 1 fully saturated rings. The van der Waals surface area contributed by atoms with E-state index in [0.717, 1.165) is 35.1 Å². The average Bonchev–Trinajstić information content (AvgIpc) is 2.54. The molecule has 1 aliphatic carbocycles. The number of rotatable bonds is 4. The van der Waals surface area contributed by atoms with Gasteiger partial charge in [-0.05, 0) is 37.1 Å². The summed E-state index contributed by atoms with van der Waals surface area (Å²) in [4.78, 5) is 15.1. The van der Waals surface area contributed by atoms with Crippen molar-refractivity contribution < 1.29 is 4.79 Å². The van der Waals surface area contributed by atoms with Crippen molar-refractivity contribution in [3.8, 4) is 6.07 Å². The topological polar surface area (TPSA) is 44.1 Å². The molecule has 1 saturated carbocycles. The number of nitrogens with zero attached hydrogens (tertiary/aromatic N) is 2. The van der Waals surface area contributed by atoms with Gasteiger partial charge in [0, 0.05) is 16.4 Å². The highest BCUT2D eigenvalue weighted by Gasteiger charge is 2.38. The number of thioether (sulfide) groups is 1. The second kappa shape index (κ2) is 7.33. The van der Waals surface area contributed by atoms with Gasteiger partial charge in [-0.1, -0.05) is 35.2 Å². The Labute approximate surface area is 138 Å². The van der Waals surface area contributed by atoms with Crippen LogP contribution in [0.1, 0.15) is 32.1 Å². The zero-order valence-electron chi connectivity index (χ0n) is 12.1. The molecule has 0 aliphatic heterocycles. The first-order chi connectivity index (χ1) is 10.1. The Morgan fingerprint density at radius 1 is 1.33 bits per heavy atom. The molecule has 0 unspecified atom stereocenters. The quantitative estimate of drug-likeness (QED) is 0.749. The summed E-state index contributed by atoms with van der Waals surface area (Å²) in [5.74, 6) is 0.410. The fraction of sp³-hybridized carbons (Fsp3) is 0.500. The van der Waals surface area contributed by atoms with Gasteiger partial charge in [-0.3, -0.25) is 4.79 Å². The summed E-state index contributed by atoms with van der Waals surface area (Å²) in [6.45, 7) is 0. The van der Waals surface area contributed by atoms with Crippen molar-refractivity contribution >= 4 is 33.6 Å². The molecular formula is C16H19BrN2OS. The highest BCUT2D eigenvalue weighted by Crippen LogP contribution is 2.33. The smallest absolute Gasteiger partial charge is 0.233 e. The van der Waals surface area contributed by atoms with Gasteiger partial charge in [-0.2, -0.15) is 5.26 Å². The molecule has 1 aromatic carbocycles. The van der Waals surface area contributed by atoms with E-state index in [1.54, 1.807) is 11.9 Å². The molecule has 21 heavy (non-hydrogen) atoms. The Morgan fingerprint density at radius 2 is 1.95 bits per heavy atom. The van der Waals surface area contributed by atoms with E-state index in [4.69, 9.17) is 0 Å². The van der Waals surface area contributed by atoms with Crippen molar-refractivity contribution in [2.75, 3.05) is 12.8 Å². The van der Waals surface area contributed by atoms with E-state index in [9.17, 15) is 10.1 Å². The van der Waals surface area contributed by atoms with E-state index in [-0.39, 0.29) is 5.91 Å². The molecule has 1 aliphatic rings. The Kier molecular flexibility index (Phi) is 5.72. The average molecular weight is 367 g/mol. The molecule has 0 spiro atoms. The van der Waals surface area contributed by atoms with Crippen LogP contribution in [-0.2, 0) is 4.79 Å². The van der Waals surface area contributed by atoms with E-state index in [0.29, 0.717) is 5.75 Å². The molecular weight excluding hydrogens is 348 g/mol. The van der Waals surface area contributed by atoms with Crippen LogP contribution in [0.15, 0.2) is 33.6 Å². The molecule has 0 radical (unpaired) electrons. The minimum absolute atomic E-state index is 0.0337. The first-order valence-electron chi connectivity index (χ1n) is 7.14. The maximum Gasteiger partial charge on any atom is 0.233 e. The molecule has 0 aromatic heterocycles. The molecule has 1 amide bonds. The Bertz CT molecular complexity index is 532. The molecule has 0 saturated heterocycles. The summed E-state index contributed by atoms with van der Waals surface area (Å²) in [6.07, 6.45) is 4.83. The lowest BCUT2D eigenvalue weighted by molar-refractivity contribution is -0.131. The highest BCUT2D eigenvalue weighted by atomic mass is 79.9. The van der Waals surface area contributed by atoms with Crippen LogP contribution in [0.2, 0.25) is 0 Å². The fourth-order valence-corrected chi connectivity index (χ4v) is 3.75. The second-order valence-corrected chi connectivity index (χ2v) is 7.36. The van der Waals surface area contributed by atoms with Crippen LogP contribution < -0.4 is 0 Å². The van der Waals surface area contributed by atoms with Crippen LogP contribution >= 0.6 is 27.7 Å². The Hall–Kier alpha value is -0.990. The van der Waals surface area contributed by atoms with Gasteiger partial charge in [-0.25, -0.2) is 0 Å². The van der Waals surface area contributed by atoms with Crippen molar-refractivity contribution in [3.63, 3.8) is 0 Å². The molecule has 1 aromatic rings. The fourth-order valence-electron chi connectivity index (χ4n) is 2.67. The van der Waals surface area contributed by atoms with Crippen molar-refractivity contribution in [1.29, 1.82) is 5.26 Å². The minimum atomic E-state index is -0.588. The van der Waals surface area contributed by atoms with Crippen LogP contribution in [-0.4, -0.2) is 29.1 Å². The van der Waals surface area contributed by atoms with Crippen molar-refractivity contribution in [2.45, 2.75) is 42.5 Å². The van der Waals surface area contributed by atoms with Crippen molar-refractivity contribution in [2.24, 2.45) is 0 Å². The number of nitriles is 1. The SMILES string of the molecule is CN(C(=O)CSc1ccc(Br)cc1)C1(C#N)CCCCC1. The largest absolute Gasteiger partial charge is 0.326 e. The number of carbonyl (C=O) groups excluding carboxylic acids is 1. The maximum atomic E-state index is 12.4. The van der Waals surface area contributed by atoms with Gasteiger partial charge in [0.05, 0.1) is 11.8 Å². The maximum absolute atomic E-state index is 12.4. The third-order valence-corrected chi connectivity index (χ3v) is 5.61. The minimum Gasteiger partial charge on any atom is -0.326 e. The number of hydrogen-bond donors (Lipinski definition) is 0. The molecule has 3 nitrogen and oxygen atoms in total. The summed E-state index contributed by atoms with van der Waals surface area (Å²) in [7, 11) is 1.78. The number of benzene rings is 1. The lowest BCUT2D eigenvalue weighted by Gasteiger charge is -2.39. The van der Waals surface area contributed by atoms with Crippen LogP contribution in [0.5, 0.6) is 0 Å². The summed E-state index contributed by atoms with van der Waals surface area (Å²) in [5.41, 5.74) is -0.588. The number of hydrogen-bond acceptors (Lipinski definition) is 3. The normalized spacial score (nSPS) is 17.0. The summed E-state index contributed by atoms with van der Waals surface area (Å²) >= 11 is 4.91.